The summed E-state index contributed by atoms with van der Waals surface area (Å²) in [7, 11) is 1.38. The van der Waals surface area contributed by atoms with Crippen molar-refractivity contribution in [2.45, 2.75) is 19.1 Å². The lowest BCUT2D eigenvalue weighted by molar-refractivity contribution is -0.131. The smallest absolute Gasteiger partial charge is 0.412 e. The minimum atomic E-state index is -1.15. The van der Waals surface area contributed by atoms with E-state index in [4.69, 9.17) is 14.6 Å². The lowest BCUT2D eigenvalue weighted by atomic mass is 10.0. The Labute approximate surface area is 156 Å². The van der Waals surface area contributed by atoms with Gasteiger partial charge in [-0.05, 0) is 42.8 Å². The number of phenolic OH excluding ortho intramolecular Hbond substituents is 1. The molecule has 0 fully saturated rings. The van der Waals surface area contributed by atoms with E-state index < -0.39 is 24.3 Å². The minimum absolute atomic E-state index is 0.0525. The number of aryl methyl sites for hydroxylation is 1. The van der Waals surface area contributed by atoms with Crippen LogP contribution in [0.3, 0.4) is 0 Å². The molecule has 2 aromatic rings. The Balaban J connectivity index is 2.22. The summed E-state index contributed by atoms with van der Waals surface area (Å²) >= 11 is 0. The molecule has 0 bridgehead atoms. The van der Waals surface area contributed by atoms with Gasteiger partial charge in [0.2, 0.25) is 0 Å². The number of hydrogen-bond acceptors (Lipinski definition) is 5. The van der Waals surface area contributed by atoms with Gasteiger partial charge >= 0.3 is 12.1 Å². The van der Waals surface area contributed by atoms with Gasteiger partial charge in [-0.1, -0.05) is 29.8 Å². The highest BCUT2D eigenvalue weighted by atomic mass is 16.6. The zero-order valence-electron chi connectivity index (χ0n) is 15.0. The van der Waals surface area contributed by atoms with E-state index >= 15 is 0 Å². The molecule has 0 saturated carbocycles. The summed E-state index contributed by atoms with van der Waals surface area (Å²) in [5.74, 6) is -1.10. The maximum Gasteiger partial charge on any atom is 0.412 e. The molecule has 3 N–H and O–H groups in total. The Hall–Kier alpha value is -3.32. The van der Waals surface area contributed by atoms with Crippen LogP contribution in [0.5, 0.6) is 5.75 Å². The molecule has 2 aromatic carbocycles. The summed E-state index contributed by atoms with van der Waals surface area (Å²) in [5, 5.41) is 20.9. The van der Waals surface area contributed by atoms with Crippen LogP contribution in [0.25, 0.3) is 0 Å². The number of amides is 1. The molecule has 7 heteroatoms. The third-order valence-electron chi connectivity index (χ3n) is 3.75. The number of ether oxygens (including phenoxy) is 2. The molecule has 0 aliphatic rings. The molecule has 0 aliphatic heterocycles. The van der Waals surface area contributed by atoms with Crippen LogP contribution in [0.2, 0.25) is 0 Å². The number of anilines is 1. The maximum atomic E-state index is 12.3. The topological polar surface area (TPSA) is 105 Å². The molecular formula is C20H21NO6. The van der Waals surface area contributed by atoms with Crippen LogP contribution in [-0.2, 0) is 14.3 Å². The quantitative estimate of drug-likeness (QED) is 0.642. The number of hydrogen-bond donors (Lipinski definition) is 3. The van der Waals surface area contributed by atoms with Gasteiger partial charge in [0.05, 0.1) is 0 Å². The van der Waals surface area contributed by atoms with Crippen LogP contribution < -0.4 is 5.32 Å². The van der Waals surface area contributed by atoms with Crippen molar-refractivity contribution in [3.63, 3.8) is 0 Å². The molecule has 142 valence electrons. The monoisotopic (exact) mass is 371 g/mol. The normalized spacial score (nSPS) is 13.1. The van der Waals surface area contributed by atoms with Crippen LogP contribution in [0.1, 0.15) is 17.2 Å². The fourth-order valence-electron chi connectivity index (χ4n) is 2.37. The van der Waals surface area contributed by atoms with Gasteiger partial charge < -0.3 is 19.7 Å². The number of benzene rings is 2. The van der Waals surface area contributed by atoms with E-state index in [1.807, 2.05) is 19.1 Å². The Bertz CT molecular complexity index is 798. The van der Waals surface area contributed by atoms with Gasteiger partial charge in [0, 0.05) is 18.9 Å². The summed E-state index contributed by atoms with van der Waals surface area (Å²) in [4.78, 5) is 23.1. The van der Waals surface area contributed by atoms with E-state index in [1.54, 1.807) is 24.3 Å². The van der Waals surface area contributed by atoms with Crippen molar-refractivity contribution in [2.75, 3.05) is 12.4 Å². The highest BCUT2D eigenvalue weighted by Gasteiger charge is 2.26. The first-order chi connectivity index (χ1) is 12.9. The third-order valence-corrected chi connectivity index (χ3v) is 3.75. The molecule has 7 nitrogen and oxygen atoms in total. The fraction of sp³-hybridized carbons (Fsp3) is 0.200. The molecule has 0 aromatic heterocycles. The molecule has 0 unspecified atom stereocenters. The number of aliphatic carboxylic acids is 1. The first-order valence-corrected chi connectivity index (χ1v) is 8.16. The average Bonchev–Trinajstić information content (AvgIpc) is 2.63. The Kier molecular flexibility index (Phi) is 6.96. The fourth-order valence-corrected chi connectivity index (χ4v) is 2.37. The molecular weight excluding hydrogens is 350 g/mol. The lowest BCUT2D eigenvalue weighted by Crippen LogP contribution is -2.27. The summed E-state index contributed by atoms with van der Waals surface area (Å²) in [6, 6.07) is 13.2. The molecule has 2 atom stereocenters. The van der Waals surface area contributed by atoms with Crippen molar-refractivity contribution in [2.24, 2.45) is 0 Å². The van der Waals surface area contributed by atoms with E-state index in [0.29, 0.717) is 11.3 Å². The molecule has 0 spiro atoms. The summed E-state index contributed by atoms with van der Waals surface area (Å²) in [6.45, 7) is 1.93. The van der Waals surface area contributed by atoms with Gasteiger partial charge in [0.1, 0.15) is 11.9 Å². The van der Waals surface area contributed by atoms with Crippen LogP contribution in [-0.4, -0.2) is 35.5 Å². The van der Waals surface area contributed by atoms with Crippen LogP contribution in [0.15, 0.2) is 60.7 Å². The van der Waals surface area contributed by atoms with Crippen molar-refractivity contribution in [3.05, 3.63) is 71.8 Å². The standard InChI is InChI=1S/C20H21NO6/c1-13-3-7-15(8-4-13)21-20(25)27-19(14-5-9-16(22)10-6-14)17(26-2)11-12-18(23)24/h3-12,17,19,22H,1-2H3,(H,21,25)(H,23,24)/b12-11+/t17-,19-/m1/s1. The number of nitrogens with one attached hydrogen (secondary N) is 1. The van der Waals surface area contributed by atoms with Crippen molar-refractivity contribution >= 4 is 17.7 Å². The summed E-state index contributed by atoms with van der Waals surface area (Å²) < 4.78 is 10.8. The van der Waals surface area contributed by atoms with E-state index in [1.165, 1.54) is 25.3 Å². The number of carbonyl (C=O) groups is 2. The number of rotatable bonds is 7. The number of carboxylic acids is 1. The van der Waals surface area contributed by atoms with E-state index in [0.717, 1.165) is 11.6 Å². The van der Waals surface area contributed by atoms with Gasteiger partial charge in [-0.15, -0.1) is 0 Å². The summed E-state index contributed by atoms with van der Waals surface area (Å²) in [6.07, 6.45) is -0.268. The van der Waals surface area contributed by atoms with Gasteiger partial charge in [-0.3, -0.25) is 5.32 Å². The van der Waals surface area contributed by atoms with E-state index in [-0.39, 0.29) is 5.75 Å². The predicted molar refractivity (Wildman–Crippen MR) is 99.7 cm³/mol. The Morgan fingerprint density at radius 3 is 2.26 bits per heavy atom. The zero-order chi connectivity index (χ0) is 19.8. The zero-order valence-corrected chi connectivity index (χ0v) is 15.0. The highest BCUT2D eigenvalue weighted by Crippen LogP contribution is 2.27. The van der Waals surface area contributed by atoms with Crippen molar-refractivity contribution in [3.8, 4) is 5.75 Å². The lowest BCUT2D eigenvalue weighted by Gasteiger charge is -2.24. The number of phenols is 1. The molecule has 0 heterocycles. The molecule has 1 amide bonds. The highest BCUT2D eigenvalue weighted by molar-refractivity contribution is 5.84. The number of carbonyl (C=O) groups excluding carboxylic acids is 1. The molecule has 0 saturated heterocycles. The Morgan fingerprint density at radius 2 is 1.70 bits per heavy atom. The van der Waals surface area contributed by atoms with Crippen LogP contribution in [0.4, 0.5) is 10.5 Å². The van der Waals surface area contributed by atoms with Crippen molar-refractivity contribution in [1.82, 2.24) is 0 Å². The number of carboxylic acid groups (broad SMARTS) is 1. The largest absolute Gasteiger partial charge is 0.508 e. The molecule has 2 rings (SSSR count). The second kappa shape index (κ2) is 9.40. The second-order valence-corrected chi connectivity index (χ2v) is 5.81. The second-order valence-electron chi connectivity index (χ2n) is 5.81. The average molecular weight is 371 g/mol. The third kappa shape index (κ3) is 6.16. The van der Waals surface area contributed by atoms with E-state index in [2.05, 4.69) is 5.32 Å². The van der Waals surface area contributed by atoms with Gasteiger partial charge in [-0.2, -0.15) is 0 Å². The summed E-state index contributed by atoms with van der Waals surface area (Å²) in [5.41, 5.74) is 2.15. The van der Waals surface area contributed by atoms with Crippen molar-refractivity contribution in [1.29, 1.82) is 0 Å². The number of aromatic hydroxyl groups is 1. The first kappa shape index (κ1) is 20.0. The maximum absolute atomic E-state index is 12.3. The van der Waals surface area contributed by atoms with Gasteiger partial charge in [-0.25, -0.2) is 9.59 Å². The van der Waals surface area contributed by atoms with Gasteiger partial charge in [0.15, 0.2) is 6.10 Å². The SMILES string of the molecule is CO[C@H](/C=C/C(=O)O)[C@H](OC(=O)Nc1ccc(C)cc1)c1ccc(O)cc1. The van der Waals surface area contributed by atoms with Crippen LogP contribution in [0, 0.1) is 6.92 Å². The Morgan fingerprint density at radius 1 is 1.07 bits per heavy atom. The van der Waals surface area contributed by atoms with Gasteiger partial charge in [0.25, 0.3) is 0 Å². The van der Waals surface area contributed by atoms with Crippen molar-refractivity contribution < 1.29 is 29.3 Å². The number of methoxy groups -OCH3 is 1. The van der Waals surface area contributed by atoms with Crippen LogP contribution >= 0.6 is 0 Å². The molecule has 0 aliphatic carbocycles. The minimum Gasteiger partial charge on any atom is -0.508 e. The predicted octanol–water partition coefficient (Wildman–Crippen LogP) is 3.65. The van der Waals surface area contributed by atoms with E-state index in [9.17, 15) is 14.7 Å². The molecule has 0 radical (unpaired) electrons. The molecule has 27 heavy (non-hydrogen) atoms. The first-order valence-electron chi connectivity index (χ1n) is 8.16.